The largest absolute Gasteiger partial charge is 0.478 e. The van der Waals surface area contributed by atoms with E-state index in [0.717, 1.165) is 18.3 Å². The van der Waals surface area contributed by atoms with E-state index in [1.165, 1.54) is 0 Å². The second kappa shape index (κ2) is 3.26. The summed E-state index contributed by atoms with van der Waals surface area (Å²) < 4.78 is 10.6. The van der Waals surface area contributed by atoms with Gasteiger partial charge >= 0.3 is 13.6 Å². The van der Waals surface area contributed by atoms with Crippen molar-refractivity contribution in [3.8, 4) is 0 Å². The van der Waals surface area contributed by atoms with Crippen LogP contribution in [0.25, 0.3) is 0 Å². The molecule has 0 spiro atoms. The van der Waals surface area contributed by atoms with Crippen molar-refractivity contribution in [3.05, 3.63) is 23.9 Å². The maximum Gasteiger partial charge on any atom is 0.374 e. The number of aromatic carboxylic acids is 1. The SMILES string of the molecule is O=C(O)c1ccnc(P(=O)(O)O)c1. The normalized spacial score (nSPS) is 11.2. The molecule has 70 valence electrons. The molecule has 0 fully saturated rings. The van der Waals surface area contributed by atoms with Gasteiger partial charge in [-0.05, 0) is 12.1 Å². The Morgan fingerprint density at radius 3 is 2.54 bits per heavy atom. The summed E-state index contributed by atoms with van der Waals surface area (Å²) in [4.78, 5) is 31.1. The number of aromatic nitrogens is 1. The predicted molar refractivity (Wildman–Crippen MR) is 42.9 cm³/mol. The molecule has 1 aromatic rings. The van der Waals surface area contributed by atoms with Crippen LogP contribution in [0, 0.1) is 0 Å². The molecule has 1 heterocycles. The van der Waals surface area contributed by atoms with Gasteiger partial charge in [-0.1, -0.05) is 0 Å². The molecule has 0 atom stereocenters. The topological polar surface area (TPSA) is 108 Å². The van der Waals surface area contributed by atoms with Crippen molar-refractivity contribution < 1.29 is 24.3 Å². The van der Waals surface area contributed by atoms with Crippen molar-refractivity contribution in [1.82, 2.24) is 4.98 Å². The van der Waals surface area contributed by atoms with Gasteiger partial charge in [0.05, 0.1) is 5.56 Å². The first kappa shape index (κ1) is 9.85. The molecule has 1 aromatic heterocycles. The van der Waals surface area contributed by atoms with Crippen LogP contribution in [0.15, 0.2) is 18.3 Å². The predicted octanol–water partition coefficient (Wildman–Crippen LogP) is -0.417. The van der Waals surface area contributed by atoms with Gasteiger partial charge in [0.25, 0.3) is 0 Å². The van der Waals surface area contributed by atoms with Gasteiger partial charge in [-0.15, -0.1) is 0 Å². The summed E-state index contributed by atoms with van der Waals surface area (Å²) in [5, 5.41) is 8.49. The molecule has 0 amide bonds. The lowest BCUT2D eigenvalue weighted by atomic mass is 10.3. The van der Waals surface area contributed by atoms with Crippen molar-refractivity contribution in [2.45, 2.75) is 0 Å². The lowest BCUT2D eigenvalue weighted by molar-refractivity contribution is 0.0697. The highest BCUT2D eigenvalue weighted by atomic mass is 31.2. The van der Waals surface area contributed by atoms with Crippen molar-refractivity contribution >= 4 is 19.0 Å². The van der Waals surface area contributed by atoms with Gasteiger partial charge in [-0.25, -0.2) is 9.78 Å². The summed E-state index contributed by atoms with van der Waals surface area (Å²) in [5.74, 6) is -1.25. The van der Waals surface area contributed by atoms with Crippen LogP contribution in [-0.4, -0.2) is 25.8 Å². The molecule has 0 aliphatic carbocycles. The van der Waals surface area contributed by atoms with Gasteiger partial charge in [0.15, 0.2) is 5.44 Å². The average Bonchev–Trinajstić information content (AvgIpc) is 2.03. The lowest BCUT2D eigenvalue weighted by Crippen LogP contribution is -2.11. The molecular weight excluding hydrogens is 197 g/mol. The third-order valence-electron chi connectivity index (χ3n) is 1.29. The van der Waals surface area contributed by atoms with Gasteiger partial charge in [0.2, 0.25) is 0 Å². The van der Waals surface area contributed by atoms with Gasteiger partial charge in [0, 0.05) is 6.20 Å². The molecule has 7 heteroatoms. The Morgan fingerprint density at radius 1 is 1.46 bits per heavy atom. The van der Waals surface area contributed by atoms with Crippen LogP contribution < -0.4 is 5.44 Å². The molecular formula is C6H6NO5P. The van der Waals surface area contributed by atoms with E-state index in [1.807, 2.05) is 0 Å². The number of hydrogen-bond acceptors (Lipinski definition) is 3. The minimum Gasteiger partial charge on any atom is -0.478 e. The maximum absolute atomic E-state index is 10.6. The third-order valence-corrected chi connectivity index (χ3v) is 2.13. The summed E-state index contributed by atoms with van der Waals surface area (Å²) in [6, 6.07) is 2.00. The van der Waals surface area contributed by atoms with Crippen LogP contribution in [0.2, 0.25) is 0 Å². The van der Waals surface area contributed by atoms with Gasteiger partial charge < -0.3 is 14.9 Å². The van der Waals surface area contributed by atoms with E-state index in [0.29, 0.717) is 0 Å². The zero-order valence-electron chi connectivity index (χ0n) is 6.28. The number of carbonyl (C=O) groups is 1. The van der Waals surface area contributed by atoms with Gasteiger partial charge in [-0.2, -0.15) is 0 Å². The zero-order valence-corrected chi connectivity index (χ0v) is 7.18. The monoisotopic (exact) mass is 203 g/mol. The van der Waals surface area contributed by atoms with Gasteiger partial charge in [0.1, 0.15) is 0 Å². The van der Waals surface area contributed by atoms with Gasteiger partial charge in [-0.3, -0.25) is 4.57 Å². The molecule has 0 saturated carbocycles. The third kappa shape index (κ3) is 2.35. The number of rotatable bonds is 2. The molecule has 0 aliphatic heterocycles. The van der Waals surface area contributed by atoms with E-state index < -0.39 is 19.0 Å². The van der Waals surface area contributed by atoms with Crippen LogP contribution >= 0.6 is 7.60 Å². The number of carboxylic acids is 1. The van der Waals surface area contributed by atoms with E-state index in [-0.39, 0.29) is 5.56 Å². The Labute approximate surface area is 73.0 Å². The Morgan fingerprint density at radius 2 is 2.08 bits per heavy atom. The molecule has 0 unspecified atom stereocenters. The van der Waals surface area contributed by atoms with Crippen molar-refractivity contribution in [1.29, 1.82) is 0 Å². The molecule has 0 radical (unpaired) electrons. The summed E-state index contributed by atoms with van der Waals surface area (Å²) in [6.07, 6.45) is 1.04. The summed E-state index contributed by atoms with van der Waals surface area (Å²) in [6.45, 7) is 0. The van der Waals surface area contributed by atoms with E-state index in [2.05, 4.69) is 4.98 Å². The Bertz CT molecular complexity index is 384. The van der Waals surface area contributed by atoms with Crippen molar-refractivity contribution in [2.75, 3.05) is 0 Å². The Hall–Kier alpha value is -1.23. The van der Waals surface area contributed by atoms with Crippen molar-refractivity contribution in [2.24, 2.45) is 0 Å². The minimum absolute atomic E-state index is 0.201. The fourth-order valence-corrected chi connectivity index (χ4v) is 1.24. The molecule has 0 aliphatic rings. The quantitative estimate of drug-likeness (QED) is 0.563. The first-order chi connectivity index (χ1) is 5.91. The van der Waals surface area contributed by atoms with Crippen LogP contribution in [0.5, 0.6) is 0 Å². The maximum atomic E-state index is 10.6. The second-order valence-corrected chi connectivity index (χ2v) is 3.80. The highest BCUT2D eigenvalue weighted by Gasteiger charge is 2.20. The van der Waals surface area contributed by atoms with Crippen molar-refractivity contribution in [3.63, 3.8) is 0 Å². The molecule has 13 heavy (non-hydrogen) atoms. The summed E-state index contributed by atoms with van der Waals surface area (Å²) >= 11 is 0. The zero-order chi connectivity index (χ0) is 10.1. The molecule has 1 rings (SSSR count). The Balaban J connectivity index is 3.21. The number of nitrogens with zero attached hydrogens (tertiary/aromatic N) is 1. The molecule has 3 N–H and O–H groups in total. The Kier molecular flexibility index (Phi) is 2.47. The summed E-state index contributed by atoms with van der Waals surface area (Å²) in [5.41, 5.74) is -0.735. The highest BCUT2D eigenvalue weighted by Crippen LogP contribution is 2.31. The molecule has 0 saturated heterocycles. The van der Waals surface area contributed by atoms with Crippen LogP contribution in [0.3, 0.4) is 0 Å². The highest BCUT2D eigenvalue weighted by molar-refractivity contribution is 7.60. The summed E-state index contributed by atoms with van der Waals surface area (Å²) in [7, 11) is -4.46. The van der Waals surface area contributed by atoms with E-state index in [4.69, 9.17) is 14.9 Å². The van der Waals surface area contributed by atoms with Crippen LogP contribution in [0.4, 0.5) is 0 Å². The first-order valence-corrected chi connectivity index (χ1v) is 4.78. The molecule has 6 nitrogen and oxygen atoms in total. The average molecular weight is 203 g/mol. The number of pyridine rings is 1. The standard InChI is InChI=1S/C6H6NO5P/c8-6(9)4-1-2-7-5(3-4)13(10,11)12/h1-3H,(H,8,9)(H2,10,11,12). The van der Waals surface area contributed by atoms with E-state index >= 15 is 0 Å². The lowest BCUT2D eigenvalue weighted by Gasteiger charge is -2.02. The van der Waals surface area contributed by atoms with E-state index in [1.54, 1.807) is 0 Å². The fourth-order valence-electron chi connectivity index (χ4n) is 0.711. The minimum atomic E-state index is -4.46. The second-order valence-electron chi connectivity index (χ2n) is 2.25. The van der Waals surface area contributed by atoms with Crippen LogP contribution in [0.1, 0.15) is 10.4 Å². The van der Waals surface area contributed by atoms with E-state index in [9.17, 15) is 9.36 Å². The molecule has 0 bridgehead atoms. The van der Waals surface area contributed by atoms with Crippen LogP contribution in [-0.2, 0) is 4.57 Å². The fraction of sp³-hybridized carbons (Fsp3) is 0. The smallest absolute Gasteiger partial charge is 0.374 e. The first-order valence-electron chi connectivity index (χ1n) is 3.17. The number of hydrogen-bond donors (Lipinski definition) is 3. The number of carboxylic acid groups (broad SMARTS) is 1. The molecule has 0 aromatic carbocycles.